The monoisotopic (exact) mass is 402 g/mol. The van der Waals surface area contributed by atoms with Gasteiger partial charge in [-0.05, 0) is 75.7 Å². The highest BCUT2D eigenvalue weighted by molar-refractivity contribution is 7.90. The normalized spacial score (nSPS) is 17.6. The molecule has 2 aromatic rings. The van der Waals surface area contributed by atoms with E-state index in [1.807, 2.05) is 12.1 Å². The summed E-state index contributed by atoms with van der Waals surface area (Å²) in [4.78, 5) is 6.54. The van der Waals surface area contributed by atoms with Gasteiger partial charge >= 0.3 is 0 Å². The van der Waals surface area contributed by atoms with E-state index in [0.29, 0.717) is 11.6 Å². The second kappa shape index (κ2) is 9.38. The number of hydrogen-bond acceptors (Lipinski definition) is 3. The van der Waals surface area contributed by atoms with E-state index in [-0.39, 0.29) is 0 Å². The Morgan fingerprint density at radius 2 is 1.75 bits per heavy atom. The minimum atomic E-state index is -1.10. The molecule has 0 aliphatic carbocycles. The van der Waals surface area contributed by atoms with Crippen LogP contribution in [0, 0.1) is 5.92 Å². The lowest BCUT2D eigenvalue weighted by atomic mass is 9.90. The summed E-state index contributed by atoms with van der Waals surface area (Å²) < 4.78 is 25.2. The van der Waals surface area contributed by atoms with Crippen LogP contribution >= 0.6 is 0 Å². The summed E-state index contributed by atoms with van der Waals surface area (Å²) in [5.41, 5.74) is 2.43. The van der Waals surface area contributed by atoms with Crippen LogP contribution in [0.25, 0.3) is 11.1 Å². The molecular weight excluding hydrogens is 371 g/mol. The van der Waals surface area contributed by atoms with Gasteiger partial charge in [-0.15, -0.1) is 0 Å². The molecule has 0 amide bonds. The Labute approximate surface area is 171 Å². The van der Waals surface area contributed by atoms with Gasteiger partial charge < -0.3 is 9.45 Å². The Morgan fingerprint density at radius 1 is 1.11 bits per heavy atom. The third kappa shape index (κ3) is 6.29. The van der Waals surface area contributed by atoms with Crippen LogP contribution in [0.5, 0.6) is 0 Å². The minimum absolute atomic E-state index is 0.547. The molecule has 1 aromatic carbocycles. The second-order valence-electron chi connectivity index (χ2n) is 8.51. The molecule has 2 heterocycles. The fourth-order valence-corrected chi connectivity index (χ4v) is 4.38. The standard InChI is InChI=1S/C23H31FN2OS/c1-23(2,24)17-26-14-12-19(13-15-26)5-4-18-6-8-20(9-7-18)21-10-11-22(25-16-21)28(3)27/h6-11,16,19H,4-5,12-15,17H2,1-3H3. The summed E-state index contributed by atoms with van der Waals surface area (Å²) in [6.07, 6.45) is 8.06. The van der Waals surface area contributed by atoms with Crippen LogP contribution in [-0.2, 0) is 17.6 Å². The predicted molar refractivity (Wildman–Crippen MR) is 115 cm³/mol. The van der Waals surface area contributed by atoms with E-state index in [4.69, 9.17) is 0 Å². The number of nitrogens with zero attached hydrogens (tertiary/aromatic N) is 2. The van der Waals surface area contributed by atoms with Crippen molar-refractivity contribution >= 4 is 11.2 Å². The summed E-state index contributed by atoms with van der Waals surface area (Å²) in [6.45, 7) is 5.91. The number of hydrogen-bond donors (Lipinski definition) is 0. The van der Waals surface area contributed by atoms with Crippen molar-refractivity contribution in [3.05, 3.63) is 48.2 Å². The molecule has 3 nitrogen and oxygen atoms in total. The van der Waals surface area contributed by atoms with E-state index < -0.39 is 16.8 Å². The maximum Gasteiger partial charge on any atom is 0.244 e. The third-order valence-corrected chi connectivity index (χ3v) is 6.30. The number of benzene rings is 1. The molecule has 1 atom stereocenters. The SMILES string of the molecule is C[S+]([O-])c1ccc(-c2ccc(CCC3CCN(CC(C)(C)F)CC3)cc2)cn1. The summed E-state index contributed by atoms with van der Waals surface area (Å²) in [7, 11) is 0. The molecule has 152 valence electrons. The van der Waals surface area contributed by atoms with E-state index in [1.54, 1.807) is 26.3 Å². The molecule has 1 fully saturated rings. The van der Waals surface area contributed by atoms with E-state index in [2.05, 4.69) is 34.1 Å². The number of halogens is 1. The molecule has 0 spiro atoms. The highest BCUT2D eigenvalue weighted by Crippen LogP contribution is 2.25. The highest BCUT2D eigenvalue weighted by atomic mass is 32.2. The first-order valence-corrected chi connectivity index (χ1v) is 11.7. The van der Waals surface area contributed by atoms with Gasteiger partial charge in [0.1, 0.15) is 11.9 Å². The first-order chi connectivity index (χ1) is 13.3. The number of aryl methyl sites for hydroxylation is 1. The number of piperidine rings is 1. The van der Waals surface area contributed by atoms with Crippen LogP contribution in [0.3, 0.4) is 0 Å². The average molecular weight is 403 g/mol. The van der Waals surface area contributed by atoms with Gasteiger partial charge in [0.25, 0.3) is 0 Å². The van der Waals surface area contributed by atoms with Crippen molar-refractivity contribution in [2.24, 2.45) is 5.92 Å². The van der Waals surface area contributed by atoms with E-state index in [1.165, 1.54) is 24.8 Å². The largest absolute Gasteiger partial charge is 0.610 e. The Bertz CT molecular complexity index is 733. The number of aromatic nitrogens is 1. The van der Waals surface area contributed by atoms with Crippen molar-refractivity contribution < 1.29 is 8.94 Å². The van der Waals surface area contributed by atoms with Crippen molar-refractivity contribution in [3.63, 3.8) is 0 Å². The fraction of sp³-hybridized carbons (Fsp3) is 0.522. The lowest BCUT2D eigenvalue weighted by molar-refractivity contribution is 0.0943. The van der Waals surface area contributed by atoms with E-state index in [0.717, 1.165) is 36.6 Å². The second-order valence-corrected chi connectivity index (χ2v) is 9.84. The van der Waals surface area contributed by atoms with Gasteiger partial charge in [-0.3, -0.25) is 0 Å². The first kappa shape index (κ1) is 21.3. The number of alkyl halides is 1. The molecule has 5 heteroatoms. The lowest BCUT2D eigenvalue weighted by Gasteiger charge is -2.34. The van der Waals surface area contributed by atoms with Gasteiger partial charge in [-0.1, -0.05) is 24.3 Å². The smallest absolute Gasteiger partial charge is 0.244 e. The Morgan fingerprint density at radius 3 is 2.29 bits per heavy atom. The summed E-state index contributed by atoms with van der Waals surface area (Å²) in [6, 6.07) is 12.5. The van der Waals surface area contributed by atoms with Gasteiger partial charge in [0.15, 0.2) is 0 Å². The van der Waals surface area contributed by atoms with Crippen molar-refractivity contribution in [1.82, 2.24) is 9.88 Å². The molecule has 1 aromatic heterocycles. The molecule has 0 saturated carbocycles. The summed E-state index contributed by atoms with van der Waals surface area (Å²) >= 11 is -1.04. The lowest BCUT2D eigenvalue weighted by Crippen LogP contribution is -2.41. The molecule has 0 bridgehead atoms. The van der Waals surface area contributed by atoms with Gasteiger partial charge in [0, 0.05) is 35.5 Å². The first-order valence-electron chi connectivity index (χ1n) is 10.1. The van der Waals surface area contributed by atoms with Crippen LogP contribution in [0.2, 0.25) is 0 Å². The quantitative estimate of drug-likeness (QED) is 0.620. The summed E-state index contributed by atoms with van der Waals surface area (Å²) in [5, 5.41) is 0.612. The van der Waals surface area contributed by atoms with Crippen LogP contribution in [0.15, 0.2) is 47.6 Å². The number of likely N-dealkylation sites (tertiary alicyclic amines) is 1. The van der Waals surface area contributed by atoms with Gasteiger partial charge in [0.05, 0.1) is 0 Å². The van der Waals surface area contributed by atoms with Crippen molar-refractivity contribution in [2.45, 2.75) is 50.2 Å². The zero-order valence-corrected chi connectivity index (χ0v) is 18.0. The van der Waals surface area contributed by atoms with Crippen LogP contribution in [0.4, 0.5) is 4.39 Å². The molecule has 1 aliphatic rings. The van der Waals surface area contributed by atoms with Crippen molar-refractivity contribution in [1.29, 1.82) is 0 Å². The van der Waals surface area contributed by atoms with Gasteiger partial charge in [-0.25, -0.2) is 9.37 Å². The van der Waals surface area contributed by atoms with Crippen LogP contribution in [0.1, 0.15) is 38.7 Å². The van der Waals surface area contributed by atoms with Gasteiger partial charge in [0.2, 0.25) is 5.03 Å². The zero-order valence-electron chi connectivity index (χ0n) is 17.2. The van der Waals surface area contributed by atoms with E-state index in [9.17, 15) is 8.94 Å². The molecule has 0 N–H and O–H groups in total. The molecule has 28 heavy (non-hydrogen) atoms. The molecule has 3 rings (SSSR count). The fourth-order valence-electron chi connectivity index (χ4n) is 3.92. The summed E-state index contributed by atoms with van der Waals surface area (Å²) in [5.74, 6) is 0.741. The highest BCUT2D eigenvalue weighted by Gasteiger charge is 2.25. The Hall–Kier alpha value is -1.43. The third-order valence-electron chi connectivity index (χ3n) is 5.47. The van der Waals surface area contributed by atoms with Crippen LogP contribution < -0.4 is 0 Å². The molecule has 1 saturated heterocycles. The number of pyridine rings is 1. The minimum Gasteiger partial charge on any atom is -0.610 e. The van der Waals surface area contributed by atoms with Crippen molar-refractivity contribution in [2.75, 3.05) is 25.9 Å². The number of rotatable bonds is 7. The maximum atomic E-state index is 13.8. The van der Waals surface area contributed by atoms with Gasteiger partial charge in [-0.2, -0.15) is 0 Å². The predicted octanol–water partition coefficient (Wildman–Crippen LogP) is 4.88. The van der Waals surface area contributed by atoms with E-state index >= 15 is 0 Å². The maximum absolute atomic E-state index is 13.8. The topological polar surface area (TPSA) is 39.2 Å². The van der Waals surface area contributed by atoms with Crippen LogP contribution in [-0.4, -0.2) is 46.0 Å². The average Bonchev–Trinajstić information content (AvgIpc) is 2.67. The Kier molecular flexibility index (Phi) is 7.13. The zero-order chi connectivity index (χ0) is 20.1. The molecular formula is C23H31FN2OS. The van der Waals surface area contributed by atoms with Crippen molar-refractivity contribution in [3.8, 4) is 11.1 Å². The Balaban J connectivity index is 1.47. The molecule has 1 unspecified atom stereocenters. The molecule has 0 radical (unpaired) electrons. The molecule has 1 aliphatic heterocycles.